The highest BCUT2D eigenvalue weighted by Gasteiger charge is 2.20. The maximum Gasteiger partial charge on any atom is 0.143 e. The molecule has 0 atom stereocenters. The Hall–Kier alpha value is -1.65. The van der Waals surface area contributed by atoms with Gasteiger partial charge in [0.2, 0.25) is 0 Å². The Morgan fingerprint density at radius 3 is 2.78 bits per heavy atom. The fourth-order valence-corrected chi connectivity index (χ4v) is 4.50. The first-order chi connectivity index (χ1) is 12.8. The number of halogens is 2. The quantitative estimate of drug-likeness (QED) is 0.319. The van der Waals surface area contributed by atoms with Gasteiger partial charge in [-0.1, -0.05) is 31.2 Å². The van der Waals surface area contributed by atoms with Crippen LogP contribution in [0.3, 0.4) is 0 Å². The number of ether oxygens (including phenoxy) is 1. The molecule has 0 N–H and O–H groups in total. The van der Waals surface area contributed by atoms with Crippen LogP contribution in [-0.4, -0.2) is 24.2 Å². The monoisotopic (exact) mass is 461 g/mol. The Bertz CT molecular complexity index is 1020. The molecule has 3 aromatic rings. The van der Waals surface area contributed by atoms with Crippen LogP contribution < -0.4 is 0 Å². The Labute approximate surface area is 173 Å². The standard InChI is InChI=1S/C20H21BrClN3OSi/c1-27(2,3)10-9-26-13-25-19(21)18(16-5-4-8-24-20(16)25)17-11-15(22)7-6-14(17)12-23/h4-8,11H,9-10,13H2,1-3H3. The van der Waals surface area contributed by atoms with Gasteiger partial charge in [0.15, 0.2) is 0 Å². The first kappa shape index (κ1) is 20.1. The van der Waals surface area contributed by atoms with Gasteiger partial charge in [-0.25, -0.2) is 4.98 Å². The summed E-state index contributed by atoms with van der Waals surface area (Å²) in [7, 11) is -1.14. The second-order valence-electron chi connectivity index (χ2n) is 7.62. The highest BCUT2D eigenvalue weighted by Crippen LogP contribution is 2.40. The van der Waals surface area contributed by atoms with E-state index >= 15 is 0 Å². The second kappa shape index (κ2) is 8.15. The van der Waals surface area contributed by atoms with E-state index < -0.39 is 8.07 Å². The maximum absolute atomic E-state index is 9.54. The molecule has 2 aromatic heterocycles. The summed E-state index contributed by atoms with van der Waals surface area (Å²) in [6.07, 6.45) is 1.76. The van der Waals surface area contributed by atoms with Gasteiger partial charge in [0.1, 0.15) is 12.4 Å². The lowest BCUT2D eigenvalue weighted by atomic mass is 10.0. The van der Waals surface area contributed by atoms with E-state index in [2.05, 4.69) is 46.6 Å². The molecule has 7 heteroatoms. The molecule has 4 nitrogen and oxygen atoms in total. The third kappa shape index (κ3) is 4.44. The number of fused-ring (bicyclic) bond motifs is 1. The minimum absolute atomic E-state index is 0.404. The third-order valence-electron chi connectivity index (χ3n) is 4.34. The van der Waals surface area contributed by atoms with Crippen molar-refractivity contribution >= 4 is 46.6 Å². The molecular formula is C20H21BrClN3OSi. The number of hydrogen-bond acceptors (Lipinski definition) is 3. The summed E-state index contributed by atoms with van der Waals surface area (Å²) in [5.74, 6) is 0. The molecule has 0 unspecified atom stereocenters. The summed E-state index contributed by atoms with van der Waals surface area (Å²) < 4.78 is 8.78. The van der Waals surface area contributed by atoms with Crippen LogP contribution in [0.2, 0.25) is 30.7 Å². The minimum atomic E-state index is -1.14. The smallest absolute Gasteiger partial charge is 0.143 e. The van der Waals surface area contributed by atoms with Gasteiger partial charge < -0.3 is 4.74 Å². The molecule has 27 heavy (non-hydrogen) atoms. The fourth-order valence-electron chi connectivity index (χ4n) is 2.88. The number of benzene rings is 1. The van der Waals surface area contributed by atoms with Crippen molar-refractivity contribution < 1.29 is 4.74 Å². The predicted octanol–water partition coefficient (Wildman–Crippen LogP) is 6.30. The van der Waals surface area contributed by atoms with Gasteiger partial charge in [-0.2, -0.15) is 5.26 Å². The van der Waals surface area contributed by atoms with E-state index in [1.807, 2.05) is 22.8 Å². The van der Waals surface area contributed by atoms with Crippen molar-refractivity contribution in [1.82, 2.24) is 9.55 Å². The summed E-state index contributed by atoms with van der Waals surface area (Å²) in [4.78, 5) is 4.54. The van der Waals surface area contributed by atoms with Crippen LogP contribution in [0.15, 0.2) is 41.1 Å². The van der Waals surface area contributed by atoms with E-state index in [1.165, 1.54) is 0 Å². The van der Waals surface area contributed by atoms with E-state index in [9.17, 15) is 5.26 Å². The molecule has 0 radical (unpaired) electrons. The van der Waals surface area contributed by atoms with E-state index in [1.54, 1.807) is 18.3 Å². The molecule has 0 aliphatic heterocycles. The number of hydrogen-bond donors (Lipinski definition) is 0. The Morgan fingerprint density at radius 2 is 2.07 bits per heavy atom. The lowest BCUT2D eigenvalue weighted by Gasteiger charge is -2.16. The lowest BCUT2D eigenvalue weighted by molar-refractivity contribution is 0.0886. The molecule has 0 bridgehead atoms. The molecule has 0 aliphatic rings. The zero-order chi connectivity index (χ0) is 19.6. The highest BCUT2D eigenvalue weighted by atomic mass is 79.9. The first-order valence-electron chi connectivity index (χ1n) is 8.72. The molecule has 2 heterocycles. The topological polar surface area (TPSA) is 50.8 Å². The van der Waals surface area contributed by atoms with Crippen LogP contribution in [-0.2, 0) is 11.5 Å². The summed E-state index contributed by atoms with van der Waals surface area (Å²) >= 11 is 9.92. The Kier molecular flexibility index (Phi) is 6.07. The van der Waals surface area contributed by atoms with Crippen molar-refractivity contribution in [3.05, 3.63) is 51.7 Å². The van der Waals surface area contributed by atoms with E-state index in [4.69, 9.17) is 16.3 Å². The molecule has 0 saturated carbocycles. The Balaban J connectivity index is 2.05. The van der Waals surface area contributed by atoms with Crippen molar-refractivity contribution in [3.8, 4) is 17.2 Å². The van der Waals surface area contributed by atoms with Crippen molar-refractivity contribution in [2.24, 2.45) is 0 Å². The van der Waals surface area contributed by atoms with Crippen LogP contribution in [0.25, 0.3) is 22.2 Å². The second-order valence-corrected chi connectivity index (χ2v) is 14.4. The number of nitrogens with zero attached hydrogens (tertiary/aromatic N) is 3. The van der Waals surface area contributed by atoms with Crippen LogP contribution in [0.5, 0.6) is 0 Å². The van der Waals surface area contributed by atoms with Crippen molar-refractivity contribution in [1.29, 1.82) is 5.26 Å². The third-order valence-corrected chi connectivity index (χ3v) is 7.11. The van der Waals surface area contributed by atoms with E-state index in [-0.39, 0.29) is 0 Å². The van der Waals surface area contributed by atoms with Crippen molar-refractivity contribution in [2.45, 2.75) is 32.4 Å². The molecule has 0 fully saturated rings. The summed E-state index contributed by atoms with van der Waals surface area (Å²) in [6, 6.07) is 12.6. The van der Waals surface area contributed by atoms with Crippen molar-refractivity contribution in [2.75, 3.05) is 6.61 Å². The highest BCUT2D eigenvalue weighted by molar-refractivity contribution is 9.10. The average Bonchev–Trinajstić information content (AvgIpc) is 2.89. The van der Waals surface area contributed by atoms with Gasteiger partial charge in [0, 0.05) is 42.4 Å². The van der Waals surface area contributed by atoms with E-state index in [0.29, 0.717) is 17.3 Å². The maximum atomic E-state index is 9.54. The largest absolute Gasteiger partial charge is 0.361 e. The predicted molar refractivity (Wildman–Crippen MR) is 117 cm³/mol. The minimum Gasteiger partial charge on any atom is -0.361 e. The van der Waals surface area contributed by atoms with Gasteiger partial charge in [0.25, 0.3) is 0 Å². The van der Waals surface area contributed by atoms with Gasteiger partial charge in [-0.15, -0.1) is 0 Å². The molecule has 0 amide bonds. The van der Waals surface area contributed by atoms with E-state index in [0.717, 1.165) is 39.4 Å². The first-order valence-corrected chi connectivity index (χ1v) is 13.6. The molecule has 140 valence electrons. The molecule has 0 saturated heterocycles. The molecular weight excluding hydrogens is 442 g/mol. The molecule has 0 spiro atoms. The lowest BCUT2D eigenvalue weighted by Crippen LogP contribution is -2.22. The van der Waals surface area contributed by atoms with Gasteiger partial charge >= 0.3 is 0 Å². The summed E-state index contributed by atoms with van der Waals surface area (Å²) in [5, 5.41) is 11.1. The SMILES string of the molecule is C[Si](C)(C)CCOCn1c(Br)c(-c2cc(Cl)ccc2C#N)c2cccnc21. The van der Waals surface area contributed by atoms with Crippen LogP contribution >= 0.6 is 27.5 Å². The van der Waals surface area contributed by atoms with Gasteiger partial charge in [0.05, 0.1) is 16.2 Å². The van der Waals surface area contributed by atoms with Crippen LogP contribution in [0.1, 0.15) is 5.56 Å². The normalized spacial score (nSPS) is 11.7. The molecule has 1 aromatic carbocycles. The number of pyridine rings is 1. The van der Waals surface area contributed by atoms with Crippen molar-refractivity contribution in [3.63, 3.8) is 0 Å². The zero-order valence-electron chi connectivity index (χ0n) is 15.6. The van der Waals surface area contributed by atoms with Crippen LogP contribution in [0.4, 0.5) is 0 Å². The number of rotatable bonds is 6. The van der Waals surface area contributed by atoms with Gasteiger partial charge in [-0.05, 0) is 52.3 Å². The van der Waals surface area contributed by atoms with Crippen LogP contribution in [0, 0.1) is 11.3 Å². The number of nitriles is 1. The molecule has 0 aliphatic carbocycles. The van der Waals surface area contributed by atoms with Gasteiger partial charge in [-0.3, -0.25) is 4.57 Å². The Morgan fingerprint density at radius 1 is 1.30 bits per heavy atom. The summed E-state index contributed by atoms with van der Waals surface area (Å²) in [6.45, 7) is 8.13. The zero-order valence-corrected chi connectivity index (χ0v) is 18.9. The fraction of sp³-hybridized carbons (Fsp3) is 0.300. The number of aromatic nitrogens is 2. The average molecular weight is 463 g/mol. The summed E-state index contributed by atoms with van der Waals surface area (Å²) in [5.41, 5.74) is 3.08. The molecule has 3 rings (SSSR count).